The maximum atomic E-state index is 8.50. The molecular formula is C15H20N2O3. The van der Waals surface area contributed by atoms with E-state index < -0.39 is 0 Å². The van der Waals surface area contributed by atoms with Gasteiger partial charge in [0.25, 0.3) is 0 Å². The number of nitriles is 1. The smallest absolute Gasteiger partial charge is 0.174 e. The van der Waals surface area contributed by atoms with Crippen molar-refractivity contribution < 1.29 is 14.2 Å². The van der Waals surface area contributed by atoms with Crippen LogP contribution in [0.15, 0.2) is 24.3 Å². The number of methoxy groups -OCH3 is 1. The van der Waals surface area contributed by atoms with Crippen LogP contribution in [0.5, 0.6) is 5.75 Å². The molecule has 1 aromatic carbocycles. The van der Waals surface area contributed by atoms with Crippen LogP contribution in [-0.4, -0.2) is 39.1 Å². The van der Waals surface area contributed by atoms with Crippen LogP contribution in [-0.2, 0) is 16.0 Å². The first kappa shape index (κ1) is 14.8. The van der Waals surface area contributed by atoms with Gasteiger partial charge in [-0.2, -0.15) is 5.26 Å². The van der Waals surface area contributed by atoms with Gasteiger partial charge < -0.3 is 19.5 Å². The average Bonchev–Trinajstić information content (AvgIpc) is 2.95. The van der Waals surface area contributed by atoms with Crippen molar-refractivity contribution in [3.8, 4) is 11.8 Å². The molecule has 0 amide bonds. The topological polar surface area (TPSA) is 63.5 Å². The van der Waals surface area contributed by atoms with Crippen molar-refractivity contribution in [2.75, 3.05) is 33.5 Å². The predicted octanol–water partition coefficient (Wildman–Crippen LogP) is 1.48. The fourth-order valence-electron chi connectivity index (χ4n) is 2.26. The van der Waals surface area contributed by atoms with Gasteiger partial charge in [0, 0.05) is 33.2 Å². The number of nitrogens with zero attached hydrogens (tertiary/aromatic N) is 1. The Hall–Kier alpha value is -1.61. The fourth-order valence-corrected chi connectivity index (χ4v) is 2.26. The summed E-state index contributed by atoms with van der Waals surface area (Å²) in [4.78, 5) is 0. The zero-order valence-electron chi connectivity index (χ0n) is 11.7. The maximum absolute atomic E-state index is 8.50. The molecule has 5 heteroatoms. The summed E-state index contributed by atoms with van der Waals surface area (Å²) in [6.45, 7) is 2.96. The fraction of sp³-hybridized carbons (Fsp3) is 0.533. The molecule has 1 atom stereocenters. The van der Waals surface area contributed by atoms with E-state index in [1.54, 1.807) is 7.11 Å². The lowest BCUT2D eigenvalue weighted by Gasteiger charge is -2.26. The molecule has 0 aromatic heterocycles. The highest BCUT2D eigenvalue weighted by molar-refractivity contribution is 5.28. The molecule has 108 valence electrons. The Labute approximate surface area is 119 Å². The third-order valence-electron chi connectivity index (χ3n) is 3.48. The lowest BCUT2D eigenvalue weighted by molar-refractivity contribution is -0.0159. The maximum Gasteiger partial charge on any atom is 0.174 e. The van der Waals surface area contributed by atoms with Crippen molar-refractivity contribution in [3.63, 3.8) is 0 Å². The van der Waals surface area contributed by atoms with E-state index in [0.717, 1.165) is 37.4 Å². The minimum Gasteiger partial charge on any atom is -0.479 e. The van der Waals surface area contributed by atoms with Crippen molar-refractivity contribution in [3.05, 3.63) is 29.8 Å². The van der Waals surface area contributed by atoms with Gasteiger partial charge in [0.05, 0.1) is 6.61 Å². The molecule has 0 radical (unpaired) electrons. The normalized spacial score (nSPS) is 21.6. The van der Waals surface area contributed by atoms with Crippen LogP contribution in [0.1, 0.15) is 12.0 Å². The molecule has 5 nitrogen and oxygen atoms in total. The van der Waals surface area contributed by atoms with E-state index in [0.29, 0.717) is 6.61 Å². The van der Waals surface area contributed by atoms with E-state index in [1.165, 1.54) is 0 Å². The highest BCUT2D eigenvalue weighted by Gasteiger charge is 2.34. The van der Waals surface area contributed by atoms with Gasteiger partial charge in [0.1, 0.15) is 17.4 Å². The minimum atomic E-state index is -0.199. The Bertz CT molecular complexity index is 464. The quantitative estimate of drug-likeness (QED) is 0.817. The van der Waals surface area contributed by atoms with Crippen molar-refractivity contribution in [2.24, 2.45) is 0 Å². The first-order chi connectivity index (χ1) is 9.78. The van der Waals surface area contributed by atoms with Crippen molar-refractivity contribution in [1.82, 2.24) is 5.32 Å². The zero-order valence-corrected chi connectivity index (χ0v) is 11.7. The lowest BCUT2D eigenvalue weighted by atomic mass is 10.0. The lowest BCUT2D eigenvalue weighted by Crippen LogP contribution is -2.42. The van der Waals surface area contributed by atoms with E-state index in [-0.39, 0.29) is 12.2 Å². The van der Waals surface area contributed by atoms with Crippen LogP contribution in [0.25, 0.3) is 0 Å². The van der Waals surface area contributed by atoms with Gasteiger partial charge in [0.15, 0.2) is 6.61 Å². The predicted molar refractivity (Wildman–Crippen MR) is 74.4 cm³/mol. The Morgan fingerprint density at radius 1 is 1.50 bits per heavy atom. The van der Waals surface area contributed by atoms with Gasteiger partial charge in [0.2, 0.25) is 0 Å². The molecule has 1 aliphatic heterocycles. The first-order valence-electron chi connectivity index (χ1n) is 6.70. The molecule has 0 saturated carbocycles. The van der Waals surface area contributed by atoms with E-state index in [9.17, 15) is 0 Å². The number of rotatable bonds is 7. The Morgan fingerprint density at radius 3 is 3.10 bits per heavy atom. The van der Waals surface area contributed by atoms with E-state index in [4.69, 9.17) is 19.5 Å². The summed E-state index contributed by atoms with van der Waals surface area (Å²) in [5.41, 5.74) is 0.917. The molecular weight excluding hydrogens is 256 g/mol. The summed E-state index contributed by atoms with van der Waals surface area (Å²) < 4.78 is 16.3. The Morgan fingerprint density at radius 2 is 2.40 bits per heavy atom. The molecule has 20 heavy (non-hydrogen) atoms. The summed E-state index contributed by atoms with van der Waals surface area (Å²) in [6, 6.07) is 9.70. The molecule has 1 aliphatic rings. The highest BCUT2D eigenvalue weighted by atomic mass is 16.5. The Kier molecular flexibility index (Phi) is 5.36. The molecule has 1 N–H and O–H groups in total. The van der Waals surface area contributed by atoms with Crippen LogP contribution < -0.4 is 10.1 Å². The van der Waals surface area contributed by atoms with Gasteiger partial charge in [-0.1, -0.05) is 12.1 Å². The molecule has 1 saturated heterocycles. The number of benzene rings is 1. The van der Waals surface area contributed by atoms with Crippen LogP contribution in [0, 0.1) is 11.3 Å². The van der Waals surface area contributed by atoms with E-state index in [2.05, 4.69) is 5.32 Å². The second kappa shape index (κ2) is 7.25. The number of hydrogen-bond acceptors (Lipinski definition) is 5. The number of ether oxygens (including phenoxy) is 3. The van der Waals surface area contributed by atoms with Gasteiger partial charge in [-0.25, -0.2) is 0 Å². The molecule has 2 rings (SSSR count). The van der Waals surface area contributed by atoms with Gasteiger partial charge in [-0.05, 0) is 17.7 Å². The Balaban J connectivity index is 1.83. The second-order valence-electron chi connectivity index (χ2n) is 4.89. The largest absolute Gasteiger partial charge is 0.479 e. The van der Waals surface area contributed by atoms with E-state index >= 15 is 0 Å². The summed E-state index contributed by atoms with van der Waals surface area (Å²) >= 11 is 0. The minimum absolute atomic E-state index is 0.0704. The number of hydrogen-bond donors (Lipinski definition) is 1. The highest BCUT2D eigenvalue weighted by Crippen LogP contribution is 2.21. The van der Waals surface area contributed by atoms with Crippen LogP contribution in [0.4, 0.5) is 0 Å². The van der Waals surface area contributed by atoms with Gasteiger partial charge in [-0.3, -0.25) is 0 Å². The first-order valence-corrected chi connectivity index (χ1v) is 6.70. The van der Waals surface area contributed by atoms with Crippen LogP contribution in [0.2, 0.25) is 0 Å². The second-order valence-corrected chi connectivity index (χ2v) is 4.89. The molecule has 1 heterocycles. The van der Waals surface area contributed by atoms with Gasteiger partial charge >= 0.3 is 0 Å². The summed E-state index contributed by atoms with van der Waals surface area (Å²) in [5.74, 6) is 0.719. The van der Waals surface area contributed by atoms with Gasteiger partial charge in [-0.15, -0.1) is 0 Å². The molecule has 1 fully saturated rings. The monoisotopic (exact) mass is 276 g/mol. The van der Waals surface area contributed by atoms with Crippen molar-refractivity contribution >= 4 is 0 Å². The van der Waals surface area contributed by atoms with Crippen molar-refractivity contribution in [2.45, 2.75) is 18.6 Å². The molecule has 0 bridgehead atoms. The SMILES string of the molecule is COC1(CNCc2cccc(OCC#N)c2)CCOC1. The van der Waals surface area contributed by atoms with Crippen LogP contribution >= 0.6 is 0 Å². The molecule has 0 spiro atoms. The zero-order chi connectivity index (χ0) is 14.3. The molecule has 0 aliphatic carbocycles. The summed E-state index contributed by atoms with van der Waals surface area (Å²) in [5, 5.41) is 11.9. The standard InChI is InChI=1S/C15H20N2O3/c1-18-15(5-7-19-12-15)11-17-10-13-3-2-4-14(9-13)20-8-6-16/h2-4,9,17H,5,7-8,10-12H2,1H3. The third kappa shape index (κ3) is 3.94. The summed E-state index contributed by atoms with van der Waals surface area (Å²) in [7, 11) is 1.73. The summed E-state index contributed by atoms with van der Waals surface area (Å²) in [6.07, 6.45) is 0.918. The molecule has 1 unspecified atom stereocenters. The molecule has 1 aromatic rings. The average molecular weight is 276 g/mol. The van der Waals surface area contributed by atoms with Crippen molar-refractivity contribution in [1.29, 1.82) is 5.26 Å². The third-order valence-corrected chi connectivity index (χ3v) is 3.48. The number of nitrogens with one attached hydrogen (secondary N) is 1. The van der Waals surface area contributed by atoms with E-state index in [1.807, 2.05) is 30.3 Å². The van der Waals surface area contributed by atoms with Crippen LogP contribution in [0.3, 0.4) is 0 Å².